The lowest BCUT2D eigenvalue weighted by Gasteiger charge is -2.10. The monoisotopic (exact) mass is 233 g/mol. The summed E-state index contributed by atoms with van der Waals surface area (Å²) in [5.41, 5.74) is 1.01. The van der Waals surface area contributed by atoms with Crippen LogP contribution in [0.2, 0.25) is 0 Å². The molecule has 1 aromatic rings. The zero-order valence-electron chi connectivity index (χ0n) is 7.74. The first-order valence-corrected chi connectivity index (χ1v) is 6.56. The Bertz CT molecular complexity index is 412. The molecule has 2 heterocycles. The van der Waals surface area contributed by atoms with Crippen molar-refractivity contribution in [1.82, 2.24) is 4.72 Å². The van der Waals surface area contributed by atoms with Gasteiger partial charge in [-0.3, -0.25) is 0 Å². The van der Waals surface area contributed by atoms with Crippen LogP contribution < -0.4 is 4.72 Å². The molecule has 2 rings (SSSR count). The molecule has 1 aliphatic heterocycles. The Morgan fingerprint density at radius 3 is 3.00 bits per heavy atom. The molecule has 0 fully saturated rings. The van der Waals surface area contributed by atoms with Gasteiger partial charge in [-0.2, -0.15) is 0 Å². The maximum Gasteiger partial charge on any atom is 0.249 e. The summed E-state index contributed by atoms with van der Waals surface area (Å²) in [7, 11) is -1.86. The summed E-state index contributed by atoms with van der Waals surface area (Å²) in [6.45, 7) is 1.22. The van der Waals surface area contributed by atoms with Crippen LogP contribution in [0, 0.1) is 0 Å². The second-order valence-corrected chi connectivity index (χ2v) is 6.27. The number of hydrogen-bond acceptors (Lipinski definition) is 4. The van der Waals surface area contributed by atoms with E-state index in [9.17, 15) is 8.42 Å². The lowest BCUT2D eigenvalue weighted by atomic mass is 10.2. The van der Waals surface area contributed by atoms with Crippen LogP contribution in [-0.4, -0.2) is 22.1 Å². The Morgan fingerprint density at radius 1 is 1.57 bits per heavy atom. The van der Waals surface area contributed by atoms with Crippen LogP contribution in [0.25, 0.3) is 0 Å². The highest BCUT2D eigenvalue weighted by molar-refractivity contribution is 7.91. The van der Waals surface area contributed by atoms with Crippen molar-refractivity contribution in [2.24, 2.45) is 0 Å². The van der Waals surface area contributed by atoms with Crippen molar-refractivity contribution in [2.75, 3.05) is 13.7 Å². The minimum atomic E-state index is -3.28. The first-order chi connectivity index (χ1) is 6.63. The summed E-state index contributed by atoms with van der Waals surface area (Å²) in [6.07, 6.45) is 0.819. The first-order valence-electron chi connectivity index (χ1n) is 4.26. The standard InChI is InChI=1S/C8H11NO3S2/c1-9-14(10,11)8-4-6-5-12-3-2-7(6)13-8/h4,9H,2-3,5H2,1H3. The molecule has 0 radical (unpaired) electrons. The number of nitrogens with one attached hydrogen (secondary N) is 1. The normalized spacial score (nSPS) is 16.6. The van der Waals surface area contributed by atoms with Gasteiger partial charge in [0.25, 0.3) is 0 Å². The van der Waals surface area contributed by atoms with Crippen molar-refractivity contribution in [2.45, 2.75) is 17.2 Å². The predicted molar refractivity (Wildman–Crippen MR) is 53.9 cm³/mol. The SMILES string of the molecule is CNS(=O)(=O)c1cc2c(s1)CCOC2. The molecule has 78 valence electrons. The maximum absolute atomic E-state index is 11.5. The molecule has 1 aromatic heterocycles. The second kappa shape index (κ2) is 3.62. The Balaban J connectivity index is 2.42. The van der Waals surface area contributed by atoms with E-state index in [1.54, 1.807) is 6.07 Å². The number of fused-ring (bicyclic) bond motifs is 1. The van der Waals surface area contributed by atoms with E-state index in [1.807, 2.05) is 0 Å². The molecule has 0 aromatic carbocycles. The second-order valence-electron chi connectivity index (χ2n) is 3.02. The van der Waals surface area contributed by atoms with Gasteiger partial charge in [0, 0.05) is 11.3 Å². The summed E-state index contributed by atoms with van der Waals surface area (Å²) in [5, 5.41) is 0. The van der Waals surface area contributed by atoms with Gasteiger partial charge in [-0.25, -0.2) is 13.1 Å². The third-order valence-corrected chi connectivity index (χ3v) is 5.26. The Kier molecular flexibility index (Phi) is 2.61. The van der Waals surface area contributed by atoms with Crippen molar-refractivity contribution >= 4 is 21.4 Å². The topological polar surface area (TPSA) is 55.4 Å². The van der Waals surface area contributed by atoms with E-state index >= 15 is 0 Å². The minimum Gasteiger partial charge on any atom is -0.376 e. The van der Waals surface area contributed by atoms with Gasteiger partial charge in [0.2, 0.25) is 10.0 Å². The number of thiophene rings is 1. The van der Waals surface area contributed by atoms with Gasteiger partial charge in [-0.1, -0.05) is 0 Å². The molecule has 0 saturated carbocycles. The lowest BCUT2D eigenvalue weighted by Crippen LogP contribution is -2.17. The molecular formula is C8H11NO3S2. The molecule has 4 nitrogen and oxygen atoms in total. The van der Waals surface area contributed by atoms with Crippen LogP contribution in [0.15, 0.2) is 10.3 Å². The number of ether oxygens (including phenoxy) is 1. The molecule has 0 aliphatic carbocycles. The van der Waals surface area contributed by atoms with Crippen molar-refractivity contribution in [1.29, 1.82) is 0 Å². The molecule has 0 bridgehead atoms. The predicted octanol–water partition coefficient (Wildman–Crippen LogP) is 0.729. The van der Waals surface area contributed by atoms with E-state index in [1.165, 1.54) is 18.4 Å². The van der Waals surface area contributed by atoms with E-state index in [2.05, 4.69) is 4.72 Å². The summed E-state index contributed by atoms with van der Waals surface area (Å²) in [5.74, 6) is 0. The molecule has 0 saturated heterocycles. The Labute approximate surface area is 86.9 Å². The van der Waals surface area contributed by atoms with Crippen LogP contribution in [-0.2, 0) is 27.8 Å². The van der Waals surface area contributed by atoms with Gasteiger partial charge in [-0.15, -0.1) is 11.3 Å². The van der Waals surface area contributed by atoms with E-state index < -0.39 is 10.0 Å². The molecular weight excluding hydrogens is 222 g/mol. The van der Waals surface area contributed by atoms with Gasteiger partial charge in [-0.05, 0) is 18.7 Å². The van der Waals surface area contributed by atoms with Crippen LogP contribution in [0.3, 0.4) is 0 Å². The molecule has 6 heteroatoms. The molecule has 1 N–H and O–H groups in total. The third-order valence-electron chi connectivity index (χ3n) is 2.14. The molecule has 14 heavy (non-hydrogen) atoms. The fourth-order valence-corrected chi connectivity index (χ4v) is 3.72. The molecule has 0 atom stereocenters. The average Bonchev–Trinajstić information content (AvgIpc) is 2.61. The largest absolute Gasteiger partial charge is 0.376 e. The first kappa shape index (κ1) is 10.1. The molecule has 0 spiro atoms. The fourth-order valence-electron chi connectivity index (χ4n) is 1.35. The zero-order valence-corrected chi connectivity index (χ0v) is 9.37. The van der Waals surface area contributed by atoms with Gasteiger partial charge in [0.15, 0.2) is 0 Å². The molecule has 0 unspecified atom stereocenters. The maximum atomic E-state index is 11.5. The van der Waals surface area contributed by atoms with Crippen LogP contribution in [0.4, 0.5) is 0 Å². The van der Waals surface area contributed by atoms with Crippen molar-refractivity contribution < 1.29 is 13.2 Å². The highest BCUT2D eigenvalue weighted by atomic mass is 32.2. The van der Waals surface area contributed by atoms with Crippen LogP contribution >= 0.6 is 11.3 Å². The average molecular weight is 233 g/mol. The minimum absolute atomic E-state index is 0.385. The highest BCUT2D eigenvalue weighted by Crippen LogP contribution is 2.29. The van der Waals surface area contributed by atoms with E-state index in [0.717, 1.165) is 16.9 Å². The summed E-state index contributed by atoms with van der Waals surface area (Å²) in [4.78, 5) is 1.13. The van der Waals surface area contributed by atoms with E-state index in [0.29, 0.717) is 17.4 Å². The fraction of sp³-hybridized carbons (Fsp3) is 0.500. The molecule has 0 amide bonds. The van der Waals surface area contributed by atoms with Gasteiger partial charge in [0.1, 0.15) is 4.21 Å². The Morgan fingerprint density at radius 2 is 2.36 bits per heavy atom. The van der Waals surface area contributed by atoms with Gasteiger partial charge in [0.05, 0.1) is 13.2 Å². The van der Waals surface area contributed by atoms with Gasteiger partial charge < -0.3 is 4.74 Å². The number of sulfonamides is 1. The van der Waals surface area contributed by atoms with Crippen molar-refractivity contribution in [3.05, 3.63) is 16.5 Å². The highest BCUT2D eigenvalue weighted by Gasteiger charge is 2.20. The van der Waals surface area contributed by atoms with Crippen molar-refractivity contribution in [3.8, 4) is 0 Å². The summed E-state index contributed by atoms with van der Waals surface area (Å²) < 4.78 is 30.9. The number of rotatable bonds is 2. The van der Waals surface area contributed by atoms with E-state index in [4.69, 9.17) is 4.74 Å². The van der Waals surface area contributed by atoms with Crippen LogP contribution in [0.1, 0.15) is 10.4 Å². The summed E-state index contributed by atoms with van der Waals surface area (Å²) >= 11 is 1.34. The van der Waals surface area contributed by atoms with E-state index in [-0.39, 0.29) is 0 Å². The van der Waals surface area contributed by atoms with Crippen molar-refractivity contribution in [3.63, 3.8) is 0 Å². The summed E-state index contributed by atoms with van der Waals surface area (Å²) in [6, 6.07) is 1.70. The smallest absolute Gasteiger partial charge is 0.249 e. The Hall–Kier alpha value is -0.430. The molecule has 1 aliphatic rings. The third kappa shape index (κ3) is 1.70. The quantitative estimate of drug-likeness (QED) is 0.819. The van der Waals surface area contributed by atoms with Gasteiger partial charge >= 0.3 is 0 Å². The zero-order chi connectivity index (χ0) is 10.2. The lowest BCUT2D eigenvalue weighted by molar-refractivity contribution is 0.112. The van der Waals surface area contributed by atoms with Crippen LogP contribution in [0.5, 0.6) is 0 Å². The number of hydrogen-bond donors (Lipinski definition) is 1.